The van der Waals surface area contributed by atoms with Gasteiger partial charge >= 0.3 is 6.01 Å². The first-order valence-electron chi connectivity index (χ1n) is 11.3. The van der Waals surface area contributed by atoms with Gasteiger partial charge in [0, 0.05) is 22.0 Å². The van der Waals surface area contributed by atoms with Crippen LogP contribution in [0.15, 0.2) is 93.5 Å². The van der Waals surface area contributed by atoms with Crippen molar-refractivity contribution in [2.75, 3.05) is 10.6 Å². The number of anilines is 2. The fourth-order valence-corrected chi connectivity index (χ4v) is 4.29. The van der Waals surface area contributed by atoms with E-state index in [9.17, 15) is 4.79 Å². The molecule has 0 spiro atoms. The Morgan fingerprint density at radius 2 is 1.89 bits per heavy atom. The Balaban J connectivity index is 1.48. The zero-order chi connectivity index (χ0) is 24.4. The van der Waals surface area contributed by atoms with Gasteiger partial charge in [0.15, 0.2) is 5.58 Å². The van der Waals surface area contributed by atoms with E-state index in [1.165, 1.54) is 0 Å². The van der Waals surface area contributed by atoms with Crippen molar-refractivity contribution in [3.8, 4) is 0 Å². The number of rotatable bonds is 5. The predicted octanol–water partition coefficient (Wildman–Crippen LogP) is 6.07. The van der Waals surface area contributed by atoms with Crippen LogP contribution >= 0.6 is 11.6 Å². The van der Waals surface area contributed by atoms with E-state index >= 15 is 0 Å². The van der Waals surface area contributed by atoms with Gasteiger partial charge in [0.2, 0.25) is 5.96 Å². The fourth-order valence-electron chi connectivity index (χ4n) is 4.05. The van der Waals surface area contributed by atoms with Crippen LogP contribution in [0.25, 0.3) is 11.1 Å². The summed E-state index contributed by atoms with van der Waals surface area (Å²) >= 11 is 6.54. The second-order valence-electron chi connectivity index (χ2n) is 8.19. The van der Waals surface area contributed by atoms with Gasteiger partial charge < -0.3 is 15.1 Å². The van der Waals surface area contributed by atoms with E-state index in [1.54, 1.807) is 6.07 Å². The molecule has 0 radical (unpaired) electrons. The summed E-state index contributed by atoms with van der Waals surface area (Å²) in [6, 6.07) is 22.3. The summed E-state index contributed by atoms with van der Waals surface area (Å²) in [7, 11) is 0. The molecular weight excluding hydrogens is 462 g/mol. The number of benzene rings is 3. The van der Waals surface area contributed by atoms with Gasteiger partial charge in [-0.15, -0.1) is 0 Å². The number of carbonyl (C=O) groups is 1. The molecule has 4 aromatic rings. The Hall–Kier alpha value is -4.10. The summed E-state index contributed by atoms with van der Waals surface area (Å²) in [5.41, 5.74) is 5.11. The van der Waals surface area contributed by atoms with Crippen LogP contribution in [0, 0.1) is 0 Å². The third-order valence-corrected chi connectivity index (χ3v) is 6.14. The molecule has 1 amide bonds. The normalized spacial score (nSPS) is 15.5. The monoisotopic (exact) mass is 485 g/mol. The number of para-hydroxylation sites is 2. The number of aryl methyl sites for hydroxylation is 1. The first kappa shape index (κ1) is 22.7. The molecule has 0 saturated heterocycles. The lowest BCUT2D eigenvalue weighted by Crippen LogP contribution is -2.37. The van der Waals surface area contributed by atoms with Gasteiger partial charge in [-0.05, 0) is 49.2 Å². The summed E-state index contributed by atoms with van der Waals surface area (Å²) in [6.07, 6.45) is 0.879. The van der Waals surface area contributed by atoms with Crippen LogP contribution in [-0.4, -0.2) is 16.9 Å². The molecule has 0 saturated carbocycles. The first-order chi connectivity index (χ1) is 17.0. The molecule has 176 valence electrons. The molecule has 3 N–H and O–H groups in total. The number of aromatic nitrogens is 1. The van der Waals surface area contributed by atoms with E-state index in [-0.39, 0.29) is 5.91 Å². The number of fused-ring (bicyclic) bond motifs is 1. The molecular formula is C27H24ClN5O2. The highest BCUT2D eigenvalue weighted by Crippen LogP contribution is 2.35. The van der Waals surface area contributed by atoms with E-state index in [0.29, 0.717) is 33.9 Å². The number of amides is 1. The van der Waals surface area contributed by atoms with Crippen molar-refractivity contribution in [2.24, 2.45) is 4.99 Å². The van der Waals surface area contributed by atoms with Crippen molar-refractivity contribution in [3.63, 3.8) is 0 Å². The number of carbonyl (C=O) groups excluding carboxylic acids is 1. The third kappa shape index (κ3) is 4.76. The van der Waals surface area contributed by atoms with Gasteiger partial charge in [-0.3, -0.25) is 10.1 Å². The number of halogens is 1. The zero-order valence-corrected chi connectivity index (χ0v) is 20.1. The zero-order valence-electron chi connectivity index (χ0n) is 19.3. The second-order valence-corrected chi connectivity index (χ2v) is 8.59. The number of aliphatic imine (C=N–C) groups is 1. The highest BCUT2D eigenvalue weighted by molar-refractivity contribution is 6.31. The van der Waals surface area contributed by atoms with Crippen molar-refractivity contribution in [3.05, 3.63) is 100 Å². The third-order valence-electron chi connectivity index (χ3n) is 5.80. The van der Waals surface area contributed by atoms with Crippen molar-refractivity contribution >= 4 is 46.3 Å². The minimum atomic E-state index is -0.633. The van der Waals surface area contributed by atoms with Gasteiger partial charge in [0.1, 0.15) is 11.6 Å². The molecule has 1 atom stereocenters. The number of hydrogen-bond acceptors (Lipinski definition) is 6. The van der Waals surface area contributed by atoms with Gasteiger partial charge in [-0.1, -0.05) is 61.0 Å². The molecule has 0 fully saturated rings. The molecule has 35 heavy (non-hydrogen) atoms. The van der Waals surface area contributed by atoms with E-state index in [2.05, 4.69) is 27.9 Å². The fraction of sp³-hybridized carbons (Fsp3) is 0.148. The average Bonchev–Trinajstić information content (AvgIpc) is 3.26. The standard InChI is InChI=1S/C27H24ClN5O2/c1-3-17-9-8-10-18(15-17)30-25(34)23-16(2)29-26(32-24(23)19-11-4-5-12-20(19)28)33-27-31-21-13-6-7-14-22(21)35-27/h4-15,24H,3H2,1-2H3,(H,30,34)(H2,29,31,32,33). The highest BCUT2D eigenvalue weighted by Gasteiger charge is 2.31. The SMILES string of the molecule is CCc1cccc(NC(=O)C2=C(C)NC(Nc3nc4ccccc4o3)=NC2c2ccccc2Cl)c1. The molecule has 0 aliphatic carbocycles. The number of nitrogens with zero attached hydrogens (tertiary/aromatic N) is 2. The summed E-state index contributed by atoms with van der Waals surface area (Å²) < 4.78 is 5.78. The molecule has 3 aromatic carbocycles. The van der Waals surface area contributed by atoms with Crippen LogP contribution in [0.4, 0.5) is 11.7 Å². The van der Waals surface area contributed by atoms with Crippen molar-refractivity contribution in [1.29, 1.82) is 0 Å². The van der Waals surface area contributed by atoms with Crippen molar-refractivity contribution < 1.29 is 9.21 Å². The van der Waals surface area contributed by atoms with E-state index < -0.39 is 6.04 Å². The number of allylic oxidation sites excluding steroid dienone is 1. The van der Waals surface area contributed by atoms with Crippen LogP contribution in [0.1, 0.15) is 31.0 Å². The minimum absolute atomic E-state index is 0.252. The molecule has 0 bridgehead atoms. The topological polar surface area (TPSA) is 91.6 Å². The Kier molecular flexibility index (Phi) is 6.25. The maximum Gasteiger partial charge on any atom is 0.302 e. The Bertz CT molecular complexity index is 1440. The molecule has 1 aliphatic heterocycles. The van der Waals surface area contributed by atoms with Gasteiger partial charge in [0.25, 0.3) is 5.91 Å². The van der Waals surface area contributed by atoms with Gasteiger partial charge in [-0.2, -0.15) is 4.98 Å². The van der Waals surface area contributed by atoms with Crippen molar-refractivity contribution in [1.82, 2.24) is 10.3 Å². The lowest BCUT2D eigenvalue weighted by molar-refractivity contribution is -0.113. The first-order valence-corrected chi connectivity index (χ1v) is 11.7. The largest absolute Gasteiger partial charge is 0.423 e. The lowest BCUT2D eigenvalue weighted by Gasteiger charge is -2.27. The van der Waals surface area contributed by atoms with Gasteiger partial charge in [-0.25, -0.2) is 4.99 Å². The van der Waals surface area contributed by atoms with Crippen LogP contribution in [0.2, 0.25) is 5.02 Å². The molecule has 5 rings (SSSR count). The van der Waals surface area contributed by atoms with Gasteiger partial charge in [0.05, 0.1) is 5.57 Å². The van der Waals surface area contributed by atoms with Crippen LogP contribution in [-0.2, 0) is 11.2 Å². The molecule has 7 nitrogen and oxygen atoms in total. The second kappa shape index (κ2) is 9.64. The summed E-state index contributed by atoms with van der Waals surface area (Å²) in [6.45, 7) is 3.91. The van der Waals surface area contributed by atoms with Crippen LogP contribution < -0.4 is 16.0 Å². The maximum absolute atomic E-state index is 13.5. The lowest BCUT2D eigenvalue weighted by atomic mass is 9.95. The highest BCUT2D eigenvalue weighted by atomic mass is 35.5. The minimum Gasteiger partial charge on any atom is -0.423 e. The maximum atomic E-state index is 13.5. The van der Waals surface area contributed by atoms with Crippen LogP contribution in [0.3, 0.4) is 0 Å². The molecule has 8 heteroatoms. The average molecular weight is 486 g/mol. The Labute approximate surface area is 207 Å². The van der Waals surface area contributed by atoms with E-state index in [1.807, 2.05) is 73.7 Å². The summed E-state index contributed by atoms with van der Waals surface area (Å²) in [5, 5.41) is 9.82. The Morgan fingerprint density at radius 3 is 2.69 bits per heavy atom. The molecule has 1 unspecified atom stereocenters. The van der Waals surface area contributed by atoms with Crippen molar-refractivity contribution in [2.45, 2.75) is 26.3 Å². The number of guanidine groups is 1. The summed E-state index contributed by atoms with van der Waals surface area (Å²) in [4.78, 5) is 22.7. The predicted molar refractivity (Wildman–Crippen MR) is 140 cm³/mol. The van der Waals surface area contributed by atoms with E-state index in [4.69, 9.17) is 21.0 Å². The van der Waals surface area contributed by atoms with Crippen LogP contribution in [0.5, 0.6) is 0 Å². The quantitative estimate of drug-likeness (QED) is 0.319. The molecule has 1 aliphatic rings. The van der Waals surface area contributed by atoms with E-state index in [0.717, 1.165) is 28.8 Å². The smallest absolute Gasteiger partial charge is 0.302 e. The molecule has 1 aromatic heterocycles. The number of nitrogens with one attached hydrogen (secondary N) is 3. The Morgan fingerprint density at radius 1 is 1.09 bits per heavy atom. The summed E-state index contributed by atoms with van der Waals surface area (Å²) in [5.74, 6) is 0.154. The molecule has 2 heterocycles. The number of oxazole rings is 1. The number of hydrogen-bond donors (Lipinski definition) is 3.